The Labute approximate surface area is 71.8 Å². The number of nitrogens with zero attached hydrogens (tertiary/aromatic N) is 2. The maximum atomic E-state index is 5.40. The van der Waals surface area contributed by atoms with Crippen LogP contribution in [0, 0.1) is 0 Å². The second kappa shape index (κ2) is 4.01. The quantitative estimate of drug-likeness (QED) is 0.720. The molecule has 0 saturated heterocycles. The fourth-order valence-corrected chi connectivity index (χ4v) is 0.795. The molecule has 0 aliphatic heterocycles. The lowest BCUT2D eigenvalue weighted by atomic mass is 10.4. The molecule has 4 nitrogen and oxygen atoms in total. The topological polar surface area (TPSA) is 61.0 Å². The summed E-state index contributed by atoms with van der Waals surface area (Å²) in [6, 6.07) is 1.75. The Morgan fingerprint density at radius 1 is 1.50 bits per heavy atom. The second-order valence-electron chi connectivity index (χ2n) is 2.72. The molecular weight excluding hydrogens is 154 g/mol. The van der Waals surface area contributed by atoms with Gasteiger partial charge in [-0.3, -0.25) is 0 Å². The smallest absolute Gasteiger partial charge is 0.216 e. The summed E-state index contributed by atoms with van der Waals surface area (Å²) in [7, 11) is 0. The van der Waals surface area contributed by atoms with E-state index in [1.54, 1.807) is 6.07 Å². The molecule has 0 spiro atoms. The minimum absolute atomic E-state index is 0.130. The van der Waals surface area contributed by atoms with Crippen molar-refractivity contribution >= 4 is 0 Å². The zero-order valence-corrected chi connectivity index (χ0v) is 7.32. The first-order chi connectivity index (χ1) is 5.72. The van der Waals surface area contributed by atoms with Gasteiger partial charge in [0.1, 0.15) is 6.33 Å². The molecule has 0 radical (unpaired) electrons. The zero-order chi connectivity index (χ0) is 8.97. The number of hydrogen-bond donors (Lipinski definition) is 1. The van der Waals surface area contributed by atoms with E-state index in [2.05, 4.69) is 9.97 Å². The first-order valence-corrected chi connectivity index (χ1v) is 3.90. The van der Waals surface area contributed by atoms with Crippen LogP contribution in [0.3, 0.4) is 0 Å². The number of ether oxygens (including phenoxy) is 1. The Balaban J connectivity index is 2.72. The summed E-state index contributed by atoms with van der Waals surface area (Å²) in [6.45, 7) is 4.31. The van der Waals surface area contributed by atoms with Gasteiger partial charge in [0.2, 0.25) is 5.88 Å². The molecule has 0 aromatic carbocycles. The predicted molar refractivity (Wildman–Crippen MR) is 45.7 cm³/mol. The largest absolute Gasteiger partial charge is 0.475 e. The van der Waals surface area contributed by atoms with Crippen molar-refractivity contribution in [3.63, 3.8) is 0 Å². The van der Waals surface area contributed by atoms with E-state index in [1.165, 1.54) is 6.33 Å². The number of rotatable bonds is 3. The van der Waals surface area contributed by atoms with Crippen molar-refractivity contribution in [3.8, 4) is 5.88 Å². The Morgan fingerprint density at radius 2 is 2.25 bits per heavy atom. The van der Waals surface area contributed by atoms with Crippen molar-refractivity contribution in [2.75, 3.05) is 0 Å². The molecule has 2 N–H and O–H groups in total. The SMILES string of the molecule is CC(C)Oc1cc(CN)ncn1. The van der Waals surface area contributed by atoms with E-state index < -0.39 is 0 Å². The number of hydrogen-bond acceptors (Lipinski definition) is 4. The molecule has 1 aromatic rings. The summed E-state index contributed by atoms with van der Waals surface area (Å²) < 4.78 is 5.35. The van der Waals surface area contributed by atoms with E-state index in [0.717, 1.165) is 5.69 Å². The molecule has 0 fully saturated rings. The monoisotopic (exact) mass is 167 g/mol. The van der Waals surface area contributed by atoms with Crippen LogP contribution in [0.15, 0.2) is 12.4 Å². The molecular formula is C8H13N3O. The normalized spacial score (nSPS) is 10.3. The van der Waals surface area contributed by atoms with Crippen LogP contribution in [0.1, 0.15) is 19.5 Å². The summed E-state index contributed by atoms with van der Waals surface area (Å²) in [5, 5.41) is 0. The van der Waals surface area contributed by atoms with Gasteiger partial charge in [0.05, 0.1) is 11.8 Å². The Kier molecular flexibility index (Phi) is 2.99. The fraction of sp³-hybridized carbons (Fsp3) is 0.500. The summed E-state index contributed by atoms with van der Waals surface area (Å²) in [5.74, 6) is 0.584. The summed E-state index contributed by atoms with van der Waals surface area (Å²) >= 11 is 0. The van der Waals surface area contributed by atoms with Crippen LogP contribution in [0.4, 0.5) is 0 Å². The molecule has 4 heteroatoms. The first kappa shape index (κ1) is 8.93. The molecule has 1 aromatic heterocycles. The molecule has 1 heterocycles. The van der Waals surface area contributed by atoms with Gasteiger partial charge >= 0.3 is 0 Å². The van der Waals surface area contributed by atoms with E-state index in [-0.39, 0.29) is 6.10 Å². The molecule has 0 saturated carbocycles. The van der Waals surface area contributed by atoms with E-state index in [1.807, 2.05) is 13.8 Å². The highest BCUT2D eigenvalue weighted by Gasteiger charge is 1.99. The molecule has 0 bridgehead atoms. The van der Waals surface area contributed by atoms with E-state index in [0.29, 0.717) is 12.4 Å². The molecule has 0 unspecified atom stereocenters. The van der Waals surface area contributed by atoms with Crippen molar-refractivity contribution < 1.29 is 4.74 Å². The first-order valence-electron chi connectivity index (χ1n) is 3.90. The Bertz CT molecular complexity index is 250. The fourth-order valence-electron chi connectivity index (χ4n) is 0.795. The van der Waals surface area contributed by atoms with Gasteiger partial charge in [-0.05, 0) is 13.8 Å². The van der Waals surface area contributed by atoms with Gasteiger partial charge in [-0.2, -0.15) is 0 Å². The highest BCUT2D eigenvalue weighted by molar-refractivity contribution is 5.13. The third-order valence-corrected chi connectivity index (χ3v) is 1.26. The maximum Gasteiger partial charge on any atom is 0.216 e. The van der Waals surface area contributed by atoms with Gasteiger partial charge in [0.25, 0.3) is 0 Å². The van der Waals surface area contributed by atoms with Crippen LogP contribution in [0.5, 0.6) is 5.88 Å². The van der Waals surface area contributed by atoms with Gasteiger partial charge in [-0.25, -0.2) is 9.97 Å². The van der Waals surface area contributed by atoms with Crippen molar-refractivity contribution in [2.24, 2.45) is 5.73 Å². The predicted octanol–water partition coefficient (Wildman–Crippen LogP) is 0.723. The van der Waals surface area contributed by atoms with Gasteiger partial charge in [0.15, 0.2) is 0 Å². The van der Waals surface area contributed by atoms with Crippen molar-refractivity contribution in [2.45, 2.75) is 26.5 Å². The van der Waals surface area contributed by atoms with Crippen LogP contribution >= 0.6 is 0 Å². The van der Waals surface area contributed by atoms with Crippen LogP contribution in [-0.4, -0.2) is 16.1 Å². The molecule has 0 aliphatic rings. The minimum Gasteiger partial charge on any atom is -0.475 e. The summed E-state index contributed by atoms with van der Waals surface area (Å²) in [4.78, 5) is 7.89. The lowest BCUT2D eigenvalue weighted by Crippen LogP contribution is -2.08. The maximum absolute atomic E-state index is 5.40. The average Bonchev–Trinajstić information content (AvgIpc) is 2.03. The van der Waals surface area contributed by atoms with Crippen molar-refractivity contribution in [1.29, 1.82) is 0 Å². The van der Waals surface area contributed by atoms with E-state index in [4.69, 9.17) is 10.5 Å². The molecule has 66 valence electrons. The van der Waals surface area contributed by atoms with E-state index >= 15 is 0 Å². The number of nitrogens with two attached hydrogens (primary N) is 1. The highest BCUT2D eigenvalue weighted by Crippen LogP contribution is 2.07. The summed E-state index contributed by atoms with van der Waals surface area (Å²) in [6.07, 6.45) is 1.59. The van der Waals surface area contributed by atoms with Crippen molar-refractivity contribution in [1.82, 2.24) is 9.97 Å². The molecule has 1 rings (SSSR count). The van der Waals surface area contributed by atoms with Crippen LogP contribution in [-0.2, 0) is 6.54 Å². The zero-order valence-electron chi connectivity index (χ0n) is 7.32. The van der Waals surface area contributed by atoms with Gasteiger partial charge in [-0.15, -0.1) is 0 Å². The molecule has 12 heavy (non-hydrogen) atoms. The highest BCUT2D eigenvalue weighted by atomic mass is 16.5. The minimum atomic E-state index is 0.130. The Morgan fingerprint density at radius 3 is 2.83 bits per heavy atom. The van der Waals surface area contributed by atoms with Crippen LogP contribution < -0.4 is 10.5 Å². The standard InChI is InChI=1S/C8H13N3O/c1-6(2)12-8-3-7(4-9)10-5-11-8/h3,5-6H,4,9H2,1-2H3. The average molecular weight is 167 g/mol. The molecule has 0 amide bonds. The number of aromatic nitrogens is 2. The molecule has 0 aliphatic carbocycles. The lowest BCUT2D eigenvalue weighted by Gasteiger charge is -2.08. The third-order valence-electron chi connectivity index (χ3n) is 1.26. The van der Waals surface area contributed by atoms with Crippen LogP contribution in [0.25, 0.3) is 0 Å². The Hall–Kier alpha value is -1.16. The summed E-state index contributed by atoms with van der Waals surface area (Å²) in [5.41, 5.74) is 6.20. The van der Waals surface area contributed by atoms with E-state index in [9.17, 15) is 0 Å². The van der Waals surface area contributed by atoms with Gasteiger partial charge < -0.3 is 10.5 Å². The van der Waals surface area contributed by atoms with Gasteiger partial charge in [-0.1, -0.05) is 0 Å². The lowest BCUT2D eigenvalue weighted by molar-refractivity contribution is 0.232. The van der Waals surface area contributed by atoms with Gasteiger partial charge in [0, 0.05) is 12.6 Å². The third kappa shape index (κ3) is 2.47. The van der Waals surface area contributed by atoms with Crippen LogP contribution in [0.2, 0.25) is 0 Å². The second-order valence-corrected chi connectivity index (χ2v) is 2.72. The van der Waals surface area contributed by atoms with Crippen molar-refractivity contribution in [3.05, 3.63) is 18.1 Å². The molecule has 0 atom stereocenters.